The molecule has 1 saturated heterocycles. The van der Waals surface area contributed by atoms with Gasteiger partial charge in [-0.3, -0.25) is 9.59 Å². The average Bonchev–Trinajstić information content (AvgIpc) is 2.55. The van der Waals surface area contributed by atoms with Crippen LogP contribution in [-0.4, -0.2) is 50.8 Å². The van der Waals surface area contributed by atoms with E-state index in [1.807, 2.05) is 0 Å². The third kappa shape index (κ3) is 4.10. The molecule has 1 N–H and O–H groups in total. The lowest BCUT2D eigenvalue weighted by Crippen LogP contribution is -2.57. The number of carbonyl (C=O) groups excluding carboxylic acids is 2. The number of amides is 1. The number of nitrogens with zero attached hydrogens (tertiary/aromatic N) is 1. The SMILES string of the molecule is COC(=O)C[C@H]1C(=O)NCCN1S(=O)(=O)c1ccc(Cl)cc1C(F)(F)F. The number of sulfonamides is 1. The predicted molar refractivity (Wildman–Crippen MR) is 83.8 cm³/mol. The monoisotopic (exact) mass is 414 g/mol. The molecule has 1 heterocycles. The van der Waals surface area contributed by atoms with Gasteiger partial charge in [-0.15, -0.1) is 0 Å². The summed E-state index contributed by atoms with van der Waals surface area (Å²) in [6.45, 7) is -0.402. The van der Waals surface area contributed by atoms with Crippen LogP contribution in [0.25, 0.3) is 0 Å². The largest absolute Gasteiger partial charge is 0.469 e. The smallest absolute Gasteiger partial charge is 0.417 e. The molecule has 0 radical (unpaired) electrons. The standard InChI is InChI=1S/C14H14ClF3N2O5S/c1-25-12(21)7-10-13(22)19-4-5-20(10)26(23,24)11-3-2-8(15)6-9(11)14(16,17)18/h2-3,6,10H,4-5,7H2,1H3,(H,19,22)/t10-/m0/s1. The van der Waals surface area contributed by atoms with E-state index in [1.165, 1.54) is 0 Å². The molecule has 1 aromatic carbocycles. The van der Waals surface area contributed by atoms with Gasteiger partial charge in [-0.05, 0) is 18.2 Å². The van der Waals surface area contributed by atoms with Crippen LogP contribution in [0, 0.1) is 0 Å². The molecule has 0 aromatic heterocycles. The lowest BCUT2D eigenvalue weighted by Gasteiger charge is -2.34. The van der Waals surface area contributed by atoms with Gasteiger partial charge in [-0.25, -0.2) is 8.42 Å². The fourth-order valence-corrected chi connectivity index (χ4v) is 4.45. The van der Waals surface area contributed by atoms with Crippen molar-refractivity contribution in [3.8, 4) is 0 Å². The van der Waals surface area contributed by atoms with E-state index in [-0.39, 0.29) is 18.1 Å². The van der Waals surface area contributed by atoms with Crippen LogP contribution in [0.3, 0.4) is 0 Å². The Bertz CT molecular complexity index is 828. The highest BCUT2D eigenvalue weighted by molar-refractivity contribution is 7.89. The summed E-state index contributed by atoms with van der Waals surface area (Å²) in [6, 6.07) is 0.705. The molecule has 0 bridgehead atoms. The molecule has 0 spiro atoms. The van der Waals surface area contributed by atoms with Crippen molar-refractivity contribution in [2.45, 2.75) is 23.5 Å². The summed E-state index contributed by atoms with van der Waals surface area (Å²) in [5.74, 6) is -1.67. The van der Waals surface area contributed by atoms with Gasteiger partial charge in [0.1, 0.15) is 6.04 Å². The molecule has 7 nitrogen and oxygen atoms in total. The molecule has 1 fully saturated rings. The van der Waals surface area contributed by atoms with Crippen molar-refractivity contribution in [1.82, 2.24) is 9.62 Å². The number of methoxy groups -OCH3 is 1. The topological polar surface area (TPSA) is 92.8 Å². The van der Waals surface area contributed by atoms with E-state index >= 15 is 0 Å². The molecule has 12 heteroatoms. The first-order chi connectivity index (χ1) is 12.0. The number of halogens is 4. The Morgan fingerprint density at radius 3 is 2.65 bits per heavy atom. The number of piperazine rings is 1. The Morgan fingerprint density at radius 2 is 2.08 bits per heavy atom. The van der Waals surface area contributed by atoms with E-state index < -0.39 is 51.0 Å². The molecule has 0 unspecified atom stereocenters. The molecular weight excluding hydrogens is 401 g/mol. The Labute approximate surface area is 152 Å². The van der Waals surface area contributed by atoms with Gasteiger partial charge in [0.05, 0.1) is 24.0 Å². The highest BCUT2D eigenvalue weighted by Crippen LogP contribution is 2.37. The molecule has 1 atom stereocenters. The van der Waals surface area contributed by atoms with Crippen LogP contribution in [0.5, 0.6) is 0 Å². The summed E-state index contributed by atoms with van der Waals surface area (Å²) in [5, 5.41) is 2.08. The minimum Gasteiger partial charge on any atom is -0.469 e. The van der Waals surface area contributed by atoms with Crippen molar-refractivity contribution >= 4 is 33.5 Å². The summed E-state index contributed by atoms with van der Waals surface area (Å²) in [6.07, 6.45) is -5.61. The van der Waals surface area contributed by atoms with Gasteiger partial charge in [0, 0.05) is 18.1 Å². The Morgan fingerprint density at radius 1 is 1.42 bits per heavy atom. The number of alkyl halides is 3. The third-order valence-corrected chi connectivity index (χ3v) is 5.90. The molecule has 26 heavy (non-hydrogen) atoms. The molecule has 1 amide bonds. The summed E-state index contributed by atoms with van der Waals surface area (Å²) >= 11 is 5.56. The van der Waals surface area contributed by atoms with Crippen LogP contribution >= 0.6 is 11.6 Å². The van der Waals surface area contributed by atoms with E-state index in [2.05, 4.69) is 10.1 Å². The number of hydrogen-bond donors (Lipinski definition) is 1. The third-order valence-electron chi connectivity index (χ3n) is 3.70. The first-order valence-electron chi connectivity index (χ1n) is 7.21. The molecule has 1 aliphatic heterocycles. The zero-order valence-corrected chi connectivity index (χ0v) is 14.9. The van der Waals surface area contributed by atoms with Gasteiger partial charge in [0.15, 0.2) is 0 Å². The first kappa shape index (κ1) is 20.5. The maximum Gasteiger partial charge on any atom is 0.417 e. The number of carbonyl (C=O) groups is 2. The minimum absolute atomic E-state index is 0.106. The zero-order valence-electron chi connectivity index (χ0n) is 13.3. The van der Waals surface area contributed by atoms with Gasteiger partial charge in [0.2, 0.25) is 15.9 Å². The van der Waals surface area contributed by atoms with Crippen LogP contribution in [-0.2, 0) is 30.5 Å². The minimum atomic E-state index is -4.98. The van der Waals surface area contributed by atoms with E-state index in [9.17, 15) is 31.2 Å². The van der Waals surface area contributed by atoms with Gasteiger partial charge in [0.25, 0.3) is 0 Å². The van der Waals surface area contributed by atoms with Gasteiger partial charge >= 0.3 is 12.1 Å². The van der Waals surface area contributed by atoms with E-state index in [1.54, 1.807) is 0 Å². The van der Waals surface area contributed by atoms with Crippen LogP contribution in [0.1, 0.15) is 12.0 Å². The predicted octanol–water partition coefficient (Wildman–Crippen LogP) is 1.41. The maximum absolute atomic E-state index is 13.3. The Kier molecular flexibility index (Phi) is 5.83. The molecule has 1 aromatic rings. The maximum atomic E-state index is 13.3. The molecule has 0 saturated carbocycles. The number of ether oxygens (including phenoxy) is 1. The summed E-state index contributed by atoms with van der Waals surface area (Å²) in [4.78, 5) is 22.4. The molecule has 144 valence electrons. The zero-order chi connectivity index (χ0) is 19.7. The molecule has 0 aliphatic carbocycles. The normalized spacial score (nSPS) is 19.1. The van der Waals surface area contributed by atoms with E-state index in [4.69, 9.17) is 11.6 Å². The molecule has 2 rings (SSSR count). The lowest BCUT2D eigenvalue weighted by molar-refractivity contribution is -0.144. The van der Waals surface area contributed by atoms with E-state index in [0.717, 1.165) is 19.2 Å². The highest BCUT2D eigenvalue weighted by Gasteiger charge is 2.44. The van der Waals surface area contributed by atoms with Crippen molar-refractivity contribution < 1.29 is 35.9 Å². The van der Waals surface area contributed by atoms with Crippen molar-refractivity contribution in [2.24, 2.45) is 0 Å². The van der Waals surface area contributed by atoms with Crippen molar-refractivity contribution in [2.75, 3.05) is 20.2 Å². The highest BCUT2D eigenvalue weighted by atomic mass is 35.5. The fraction of sp³-hybridized carbons (Fsp3) is 0.429. The summed E-state index contributed by atoms with van der Waals surface area (Å²) in [7, 11) is -3.70. The van der Waals surface area contributed by atoms with Gasteiger partial charge in [-0.2, -0.15) is 17.5 Å². The number of nitrogens with one attached hydrogen (secondary N) is 1. The van der Waals surface area contributed by atoms with Crippen LogP contribution in [0.4, 0.5) is 13.2 Å². The molecular formula is C14H14ClF3N2O5S. The Balaban J connectivity index is 2.54. The second-order valence-corrected chi connectivity index (χ2v) is 7.64. The fourth-order valence-electron chi connectivity index (χ4n) is 2.49. The van der Waals surface area contributed by atoms with Crippen molar-refractivity contribution in [3.05, 3.63) is 28.8 Å². The van der Waals surface area contributed by atoms with Gasteiger partial charge < -0.3 is 10.1 Å². The molecule has 1 aliphatic rings. The Hall–Kier alpha value is -1.85. The average molecular weight is 415 g/mol. The van der Waals surface area contributed by atoms with Crippen molar-refractivity contribution in [1.29, 1.82) is 0 Å². The van der Waals surface area contributed by atoms with Crippen LogP contribution in [0.15, 0.2) is 23.1 Å². The summed E-state index contributed by atoms with van der Waals surface area (Å²) in [5.41, 5.74) is -1.45. The van der Waals surface area contributed by atoms with Crippen molar-refractivity contribution in [3.63, 3.8) is 0 Å². The number of rotatable bonds is 4. The van der Waals surface area contributed by atoms with Crippen LogP contribution < -0.4 is 5.32 Å². The lowest BCUT2D eigenvalue weighted by atomic mass is 10.1. The number of benzene rings is 1. The quantitative estimate of drug-likeness (QED) is 0.752. The van der Waals surface area contributed by atoms with Gasteiger partial charge in [-0.1, -0.05) is 11.6 Å². The second-order valence-electron chi connectivity index (χ2n) is 5.34. The van der Waals surface area contributed by atoms with Crippen LogP contribution in [0.2, 0.25) is 5.02 Å². The first-order valence-corrected chi connectivity index (χ1v) is 9.03. The second kappa shape index (κ2) is 7.41. The summed E-state index contributed by atoms with van der Waals surface area (Å²) < 4.78 is 70.5. The number of hydrogen-bond acceptors (Lipinski definition) is 5. The van der Waals surface area contributed by atoms with E-state index in [0.29, 0.717) is 10.4 Å². The number of esters is 1.